The molecule has 2 aliphatic rings. The Balaban J connectivity index is 1.63. The van der Waals surface area contributed by atoms with Crippen LogP contribution < -0.4 is 11.1 Å². The molecule has 0 aromatic heterocycles. The Morgan fingerprint density at radius 1 is 1.29 bits per heavy atom. The van der Waals surface area contributed by atoms with Gasteiger partial charge in [0.05, 0.1) is 12.1 Å². The number of nitrogens with two attached hydrogens (primary N) is 1. The summed E-state index contributed by atoms with van der Waals surface area (Å²) in [6.45, 7) is 5.78. The second-order valence-electron chi connectivity index (χ2n) is 7.69. The number of benzene rings is 1. The van der Waals surface area contributed by atoms with Gasteiger partial charge >= 0.3 is 0 Å². The van der Waals surface area contributed by atoms with E-state index >= 15 is 0 Å². The van der Waals surface area contributed by atoms with Gasteiger partial charge in [-0.1, -0.05) is 19.9 Å². The summed E-state index contributed by atoms with van der Waals surface area (Å²) in [7, 11) is 0. The van der Waals surface area contributed by atoms with Crippen molar-refractivity contribution in [2.75, 3.05) is 25.1 Å². The highest BCUT2D eigenvalue weighted by molar-refractivity contribution is 5.92. The van der Waals surface area contributed by atoms with E-state index in [1.54, 1.807) is 0 Å². The average Bonchev–Trinajstić information content (AvgIpc) is 3.01. The van der Waals surface area contributed by atoms with E-state index < -0.39 is 5.60 Å². The first kappa shape index (κ1) is 17.2. The molecule has 0 amide bonds. The molecule has 0 radical (unpaired) electrons. The lowest BCUT2D eigenvalue weighted by molar-refractivity contribution is -0.128. The average molecular weight is 331 g/mol. The molecule has 1 aliphatic carbocycles. The van der Waals surface area contributed by atoms with Crippen LogP contribution in [0.3, 0.4) is 0 Å². The van der Waals surface area contributed by atoms with Crippen molar-refractivity contribution in [3.8, 4) is 0 Å². The third-order valence-corrected chi connectivity index (χ3v) is 5.60. The standard InChI is InChI=1S/C19H29N3O2/c1-18(2,19(23)8-10-24-11-9-19)13-21-17(20)22-16-7-6-14-4-3-5-15(14)12-16/h6-7,12,23H,3-5,8-11,13H2,1-2H3,(H3,20,21,22). The van der Waals surface area contributed by atoms with Gasteiger partial charge < -0.3 is 20.9 Å². The van der Waals surface area contributed by atoms with Crippen molar-refractivity contribution in [1.82, 2.24) is 0 Å². The van der Waals surface area contributed by atoms with Crippen LogP contribution in [0.15, 0.2) is 23.2 Å². The Labute approximate surface area is 144 Å². The van der Waals surface area contributed by atoms with Crippen LogP contribution in [-0.2, 0) is 17.6 Å². The number of hydrogen-bond acceptors (Lipinski definition) is 3. The van der Waals surface area contributed by atoms with Crippen LogP contribution in [-0.4, -0.2) is 36.4 Å². The molecular weight excluding hydrogens is 302 g/mol. The summed E-state index contributed by atoms with van der Waals surface area (Å²) in [4.78, 5) is 4.49. The van der Waals surface area contributed by atoms with Crippen molar-refractivity contribution < 1.29 is 9.84 Å². The molecule has 1 fully saturated rings. The Morgan fingerprint density at radius 2 is 2.00 bits per heavy atom. The van der Waals surface area contributed by atoms with Crippen LogP contribution in [0.1, 0.15) is 44.2 Å². The van der Waals surface area contributed by atoms with E-state index in [0.29, 0.717) is 38.6 Å². The minimum Gasteiger partial charge on any atom is -0.389 e. The zero-order chi connectivity index (χ0) is 17.2. The highest BCUT2D eigenvalue weighted by Crippen LogP contribution is 2.38. The fourth-order valence-corrected chi connectivity index (χ4v) is 3.65. The number of aliphatic hydroxyl groups is 1. The van der Waals surface area contributed by atoms with Crippen LogP contribution in [0, 0.1) is 5.41 Å². The lowest BCUT2D eigenvalue weighted by atomic mass is 9.70. The second-order valence-corrected chi connectivity index (χ2v) is 7.69. The number of fused-ring (bicyclic) bond motifs is 1. The van der Waals surface area contributed by atoms with Gasteiger partial charge in [-0.2, -0.15) is 0 Å². The smallest absolute Gasteiger partial charge is 0.193 e. The summed E-state index contributed by atoms with van der Waals surface area (Å²) >= 11 is 0. The van der Waals surface area contributed by atoms with Gasteiger partial charge in [0.15, 0.2) is 5.96 Å². The normalized spacial score (nSPS) is 20.7. The minimum atomic E-state index is -0.747. The lowest BCUT2D eigenvalue weighted by Crippen LogP contribution is -2.50. The van der Waals surface area contributed by atoms with Gasteiger partial charge in [0.25, 0.3) is 0 Å². The van der Waals surface area contributed by atoms with Gasteiger partial charge in [-0.05, 0) is 42.5 Å². The van der Waals surface area contributed by atoms with Gasteiger partial charge in [-0.3, -0.25) is 4.99 Å². The van der Waals surface area contributed by atoms with Gasteiger partial charge in [0, 0.05) is 37.2 Å². The quantitative estimate of drug-likeness (QED) is 0.585. The highest BCUT2D eigenvalue weighted by atomic mass is 16.5. The third kappa shape index (κ3) is 3.57. The van der Waals surface area contributed by atoms with E-state index in [1.807, 2.05) is 13.8 Å². The molecule has 5 nitrogen and oxygen atoms in total. The molecule has 1 aromatic carbocycles. The van der Waals surface area contributed by atoms with E-state index in [0.717, 1.165) is 12.1 Å². The molecule has 0 atom stereocenters. The van der Waals surface area contributed by atoms with Crippen molar-refractivity contribution in [2.45, 2.75) is 51.6 Å². The zero-order valence-corrected chi connectivity index (χ0v) is 14.8. The Morgan fingerprint density at radius 3 is 2.75 bits per heavy atom. The summed E-state index contributed by atoms with van der Waals surface area (Å²) in [5, 5.41) is 14.1. The fourth-order valence-electron chi connectivity index (χ4n) is 3.65. The molecule has 0 spiro atoms. The Hall–Kier alpha value is -1.59. The maximum Gasteiger partial charge on any atom is 0.193 e. The maximum atomic E-state index is 10.9. The second kappa shape index (κ2) is 6.73. The molecule has 5 heteroatoms. The number of ether oxygens (including phenoxy) is 1. The van der Waals surface area contributed by atoms with E-state index in [9.17, 15) is 5.11 Å². The first-order chi connectivity index (χ1) is 11.4. The zero-order valence-electron chi connectivity index (χ0n) is 14.8. The van der Waals surface area contributed by atoms with Gasteiger partial charge in [-0.15, -0.1) is 0 Å². The van der Waals surface area contributed by atoms with E-state index in [1.165, 1.54) is 24.0 Å². The number of nitrogens with zero attached hydrogens (tertiary/aromatic N) is 1. The van der Waals surface area contributed by atoms with Gasteiger partial charge in [0.1, 0.15) is 0 Å². The Bertz CT molecular complexity index is 619. The number of aryl methyl sites for hydroxylation is 2. The minimum absolute atomic E-state index is 0.346. The van der Waals surface area contributed by atoms with Crippen molar-refractivity contribution in [3.05, 3.63) is 29.3 Å². The van der Waals surface area contributed by atoms with E-state index in [4.69, 9.17) is 10.5 Å². The number of guanidine groups is 1. The third-order valence-electron chi connectivity index (χ3n) is 5.60. The lowest BCUT2D eigenvalue weighted by Gasteiger charge is -2.44. The maximum absolute atomic E-state index is 10.9. The van der Waals surface area contributed by atoms with Crippen LogP contribution in [0.4, 0.5) is 5.69 Å². The molecule has 0 unspecified atom stereocenters. The predicted molar refractivity (Wildman–Crippen MR) is 97.4 cm³/mol. The summed E-state index contributed by atoms with van der Waals surface area (Å²) in [6, 6.07) is 6.40. The summed E-state index contributed by atoms with van der Waals surface area (Å²) in [5.41, 5.74) is 8.81. The summed E-state index contributed by atoms with van der Waals surface area (Å²) < 4.78 is 5.37. The van der Waals surface area contributed by atoms with Crippen molar-refractivity contribution in [2.24, 2.45) is 16.1 Å². The molecule has 24 heavy (non-hydrogen) atoms. The fraction of sp³-hybridized carbons (Fsp3) is 0.632. The number of nitrogens with one attached hydrogen (secondary N) is 1. The monoisotopic (exact) mass is 331 g/mol. The van der Waals surface area contributed by atoms with E-state index in [-0.39, 0.29) is 5.41 Å². The summed E-state index contributed by atoms with van der Waals surface area (Å²) in [6.07, 6.45) is 4.85. The molecule has 1 heterocycles. The molecule has 0 bridgehead atoms. The topological polar surface area (TPSA) is 79.9 Å². The van der Waals surface area contributed by atoms with E-state index in [2.05, 4.69) is 28.5 Å². The molecule has 3 rings (SSSR count). The van der Waals surface area contributed by atoms with Crippen molar-refractivity contribution in [3.63, 3.8) is 0 Å². The first-order valence-corrected chi connectivity index (χ1v) is 8.89. The van der Waals surface area contributed by atoms with Crippen LogP contribution in [0.5, 0.6) is 0 Å². The van der Waals surface area contributed by atoms with Gasteiger partial charge in [-0.25, -0.2) is 0 Å². The highest BCUT2D eigenvalue weighted by Gasteiger charge is 2.44. The molecule has 132 valence electrons. The van der Waals surface area contributed by atoms with Crippen molar-refractivity contribution >= 4 is 11.6 Å². The number of anilines is 1. The van der Waals surface area contributed by atoms with Crippen LogP contribution >= 0.6 is 0 Å². The Kier molecular flexibility index (Phi) is 4.83. The number of rotatable bonds is 4. The van der Waals surface area contributed by atoms with Crippen LogP contribution in [0.2, 0.25) is 0 Å². The van der Waals surface area contributed by atoms with Crippen molar-refractivity contribution in [1.29, 1.82) is 0 Å². The largest absolute Gasteiger partial charge is 0.389 e. The summed E-state index contributed by atoms with van der Waals surface area (Å²) in [5.74, 6) is 0.400. The molecule has 4 N–H and O–H groups in total. The molecule has 1 aliphatic heterocycles. The first-order valence-electron chi connectivity index (χ1n) is 8.89. The molecule has 1 saturated heterocycles. The molecular formula is C19H29N3O2. The van der Waals surface area contributed by atoms with Crippen LogP contribution in [0.25, 0.3) is 0 Å². The van der Waals surface area contributed by atoms with Gasteiger partial charge in [0.2, 0.25) is 0 Å². The predicted octanol–water partition coefficient (Wildman–Crippen LogP) is 2.47. The number of hydrogen-bond donors (Lipinski definition) is 3. The SMILES string of the molecule is CC(C)(CN=C(N)Nc1ccc2c(c1)CCC2)C1(O)CCOCC1. The molecule has 1 aromatic rings. The number of aliphatic imine (C=N–C) groups is 1. The molecule has 0 saturated carbocycles.